The van der Waals surface area contributed by atoms with Gasteiger partial charge in [-0.1, -0.05) is 36.4 Å². The first kappa shape index (κ1) is 13.1. The number of fused-ring (bicyclic) bond motifs is 4. The fraction of sp³-hybridized carbons (Fsp3) is 0.125. The van der Waals surface area contributed by atoms with Crippen LogP contribution in [-0.4, -0.2) is 16.9 Å². The molecule has 2 aromatic carbocycles. The van der Waals surface area contributed by atoms with Crippen LogP contribution in [0.3, 0.4) is 0 Å². The molecule has 0 aromatic heterocycles. The summed E-state index contributed by atoms with van der Waals surface area (Å²) in [5.74, 6) is 0. The molecule has 1 aliphatic carbocycles. The van der Waals surface area contributed by atoms with Crippen LogP contribution in [0.1, 0.15) is 17.2 Å². The first-order valence-electron chi connectivity index (χ1n) is 7.08. The van der Waals surface area contributed by atoms with Gasteiger partial charge in [0.15, 0.2) is 5.11 Å². The molecular weight excluding hydrogens is 294 g/mol. The molecule has 0 radical (unpaired) electrons. The Kier molecular flexibility index (Phi) is 2.97. The van der Waals surface area contributed by atoms with Gasteiger partial charge >= 0.3 is 0 Å². The lowest BCUT2D eigenvalue weighted by atomic mass is 10.0. The summed E-state index contributed by atoms with van der Waals surface area (Å²) < 4.78 is 0. The van der Waals surface area contributed by atoms with Crippen LogP contribution in [0.5, 0.6) is 0 Å². The third-order valence-corrected chi connectivity index (χ3v) is 4.13. The van der Waals surface area contributed by atoms with Crippen molar-refractivity contribution in [3.8, 4) is 0 Å². The first-order chi connectivity index (χ1) is 10.7. The number of rotatable bonds is 1. The van der Waals surface area contributed by atoms with Gasteiger partial charge in [-0.05, 0) is 29.9 Å². The SMILES string of the molecule is NC(=S)N/N=C1\c2ccccc2[C@H]2Nc3ccccc3N[C@H]12. The largest absolute Gasteiger partial charge is 0.375 e. The van der Waals surface area contributed by atoms with Gasteiger partial charge in [-0.15, -0.1) is 0 Å². The minimum atomic E-state index is 0.0362. The van der Waals surface area contributed by atoms with Gasteiger partial charge in [0, 0.05) is 5.56 Å². The third kappa shape index (κ3) is 2.00. The summed E-state index contributed by atoms with van der Waals surface area (Å²) in [5.41, 5.74) is 13.6. The summed E-state index contributed by atoms with van der Waals surface area (Å²) in [6.07, 6.45) is 0. The van der Waals surface area contributed by atoms with Crippen LogP contribution in [0.2, 0.25) is 0 Å². The molecule has 0 bridgehead atoms. The van der Waals surface area contributed by atoms with Crippen molar-refractivity contribution < 1.29 is 0 Å². The Bertz CT molecular complexity index is 786. The molecule has 2 atom stereocenters. The number of nitrogens with zero attached hydrogens (tertiary/aromatic N) is 1. The number of para-hydroxylation sites is 2. The van der Waals surface area contributed by atoms with Gasteiger partial charge in [0.05, 0.1) is 29.2 Å². The van der Waals surface area contributed by atoms with E-state index in [1.54, 1.807) is 0 Å². The Balaban J connectivity index is 1.81. The highest BCUT2D eigenvalue weighted by Gasteiger charge is 2.40. The van der Waals surface area contributed by atoms with E-state index in [0.29, 0.717) is 0 Å². The van der Waals surface area contributed by atoms with Crippen molar-refractivity contribution in [2.45, 2.75) is 12.1 Å². The molecule has 1 aliphatic heterocycles. The van der Waals surface area contributed by atoms with Crippen molar-refractivity contribution in [3.05, 3.63) is 59.7 Å². The van der Waals surface area contributed by atoms with E-state index < -0.39 is 0 Å². The van der Waals surface area contributed by atoms with E-state index in [2.05, 4.69) is 45.4 Å². The Hall–Kier alpha value is -2.60. The Morgan fingerprint density at radius 1 is 1.00 bits per heavy atom. The summed E-state index contributed by atoms with van der Waals surface area (Å²) in [6, 6.07) is 16.6. The topological polar surface area (TPSA) is 74.5 Å². The molecule has 0 saturated heterocycles. The highest BCUT2D eigenvalue weighted by atomic mass is 32.1. The maximum absolute atomic E-state index is 5.51. The highest BCUT2D eigenvalue weighted by Crippen LogP contribution is 2.41. The van der Waals surface area contributed by atoms with E-state index in [1.165, 1.54) is 5.56 Å². The molecule has 2 aromatic rings. The Morgan fingerprint density at radius 2 is 1.64 bits per heavy atom. The van der Waals surface area contributed by atoms with Crippen molar-refractivity contribution in [2.75, 3.05) is 10.6 Å². The van der Waals surface area contributed by atoms with Crippen molar-refractivity contribution in [1.29, 1.82) is 0 Å². The maximum atomic E-state index is 5.51. The van der Waals surface area contributed by atoms with Crippen LogP contribution in [0, 0.1) is 0 Å². The second kappa shape index (κ2) is 4.99. The summed E-state index contributed by atoms with van der Waals surface area (Å²) in [5, 5.41) is 11.7. The fourth-order valence-corrected chi connectivity index (χ4v) is 3.18. The van der Waals surface area contributed by atoms with E-state index in [1.807, 2.05) is 24.3 Å². The van der Waals surface area contributed by atoms with E-state index in [-0.39, 0.29) is 17.2 Å². The number of hydrazone groups is 1. The number of nitrogens with one attached hydrogen (secondary N) is 3. The summed E-state index contributed by atoms with van der Waals surface area (Å²) in [7, 11) is 0. The molecule has 0 amide bonds. The second-order valence-electron chi connectivity index (χ2n) is 5.35. The van der Waals surface area contributed by atoms with Crippen molar-refractivity contribution >= 4 is 34.4 Å². The third-order valence-electron chi connectivity index (χ3n) is 4.04. The number of hydrogen-bond acceptors (Lipinski definition) is 4. The van der Waals surface area contributed by atoms with E-state index in [4.69, 9.17) is 18.0 Å². The molecule has 0 saturated carbocycles. The van der Waals surface area contributed by atoms with Gasteiger partial charge in [-0.3, -0.25) is 5.43 Å². The number of anilines is 2. The number of hydrogen-bond donors (Lipinski definition) is 4. The van der Waals surface area contributed by atoms with Gasteiger partial charge in [0.2, 0.25) is 0 Å². The van der Waals surface area contributed by atoms with Gasteiger partial charge < -0.3 is 16.4 Å². The van der Waals surface area contributed by atoms with E-state index >= 15 is 0 Å². The zero-order valence-corrected chi connectivity index (χ0v) is 12.5. The molecule has 0 unspecified atom stereocenters. The normalized spacial score (nSPS) is 22.8. The second-order valence-corrected chi connectivity index (χ2v) is 5.79. The summed E-state index contributed by atoms with van der Waals surface area (Å²) in [6.45, 7) is 0. The predicted octanol–water partition coefficient (Wildman–Crippen LogP) is 2.18. The Morgan fingerprint density at radius 3 is 2.36 bits per heavy atom. The van der Waals surface area contributed by atoms with Crippen LogP contribution in [0.25, 0.3) is 0 Å². The molecule has 5 N–H and O–H groups in total. The van der Waals surface area contributed by atoms with Crippen LogP contribution >= 0.6 is 12.2 Å². The van der Waals surface area contributed by atoms with Crippen molar-refractivity contribution in [1.82, 2.24) is 5.43 Å². The van der Waals surface area contributed by atoms with Crippen molar-refractivity contribution in [2.24, 2.45) is 10.8 Å². The molecule has 22 heavy (non-hydrogen) atoms. The zero-order valence-electron chi connectivity index (χ0n) is 11.7. The molecule has 1 heterocycles. The average Bonchev–Trinajstić information content (AvgIpc) is 2.84. The molecule has 110 valence electrons. The minimum Gasteiger partial charge on any atom is -0.375 e. The number of thiocarbonyl (C=S) groups is 1. The average molecular weight is 309 g/mol. The van der Waals surface area contributed by atoms with Crippen LogP contribution in [-0.2, 0) is 0 Å². The quantitative estimate of drug-likeness (QED) is 0.480. The Labute approximate surface area is 133 Å². The molecule has 6 heteroatoms. The maximum Gasteiger partial charge on any atom is 0.184 e. The van der Waals surface area contributed by atoms with Crippen LogP contribution in [0.4, 0.5) is 11.4 Å². The first-order valence-corrected chi connectivity index (χ1v) is 7.49. The lowest BCUT2D eigenvalue weighted by Gasteiger charge is -2.32. The van der Waals surface area contributed by atoms with E-state index in [0.717, 1.165) is 22.6 Å². The molecular formula is C16H15N5S. The van der Waals surface area contributed by atoms with Crippen LogP contribution < -0.4 is 21.8 Å². The smallest absolute Gasteiger partial charge is 0.184 e. The molecule has 4 rings (SSSR count). The molecule has 0 fully saturated rings. The van der Waals surface area contributed by atoms with Crippen molar-refractivity contribution in [3.63, 3.8) is 0 Å². The molecule has 5 nitrogen and oxygen atoms in total. The fourth-order valence-electron chi connectivity index (χ4n) is 3.13. The van der Waals surface area contributed by atoms with Gasteiger partial charge in [-0.2, -0.15) is 5.10 Å². The highest BCUT2D eigenvalue weighted by molar-refractivity contribution is 7.80. The van der Waals surface area contributed by atoms with E-state index in [9.17, 15) is 0 Å². The monoisotopic (exact) mass is 309 g/mol. The molecule has 2 aliphatic rings. The summed E-state index contributed by atoms with van der Waals surface area (Å²) in [4.78, 5) is 0. The number of benzene rings is 2. The van der Waals surface area contributed by atoms with Crippen LogP contribution in [0.15, 0.2) is 53.6 Å². The lowest BCUT2D eigenvalue weighted by molar-refractivity contribution is 0.750. The molecule has 0 spiro atoms. The van der Waals surface area contributed by atoms with Gasteiger partial charge in [0.1, 0.15) is 0 Å². The number of nitrogens with two attached hydrogens (primary N) is 1. The summed E-state index contributed by atoms with van der Waals surface area (Å²) >= 11 is 4.86. The minimum absolute atomic E-state index is 0.0362. The van der Waals surface area contributed by atoms with Gasteiger partial charge in [-0.25, -0.2) is 0 Å². The zero-order chi connectivity index (χ0) is 15.1. The predicted molar refractivity (Wildman–Crippen MR) is 93.1 cm³/mol. The lowest BCUT2D eigenvalue weighted by Crippen LogP contribution is -2.39. The standard InChI is InChI=1S/C16H15N5S/c17-16(22)21-20-14-10-6-2-1-5-9(10)13-15(14)19-12-8-4-3-7-11(12)18-13/h1-8,13,15,18-19H,(H3,17,21,22)/b20-14+/t13-,15+/m1/s1. The van der Waals surface area contributed by atoms with Gasteiger partial charge in [0.25, 0.3) is 0 Å².